The number of rotatable bonds is 10. The Morgan fingerprint density at radius 2 is 1.52 bits per heavy atom. The first-order valence-electron chi connectivity index (χ1n) is 7.99. The molecule has 0 aromatic rings. The van der Waals surface area contributed by atoms with Crippen molar-refractivity contribution in [1.82, 2.24) is 0 Å². The molecular formula is C20H34O. The highest BCUT2D eigenvalue weighted by atomic mass is 16.5. The van der Waals surface area contributed by atoms with Gasteiger partial charge in [0.15, 0.2) is 0 Å². The van der Waals surface area contributed by atoms with Crippen LogP contribution in [0.4, 0.5) is 0 Å². The van der Waals surface area contributed by atoms with Crippen molar-refractivity contribution < 1.29 is 4.74 Å². The van der Waals surface area contributed by atoms with Gasteiger partial charge in [0.25, 0.3) is 0 Å². The molecule has 0 aromatic heterocycles. The summed E-state index contributed by atoms with van der Waals surface area (Å²) in [4.78, 5) is 0. The fourth-order valence-corrected chi connectivity index (χ4v) is 1.95. The standard InChI is InChI=1S/C20H34O/c1-8-20(7,15-10-12-18(4)5)21-16-14-19(6)13-9-11-17(2)3/h8,11-12,14H,1,9-10,13,15-16H2,2-7H3/b19-14+. The number of hydrogen-bond donors (Lipinski definition) is 0. The highest BCUT2D eigenvalue weighted by Crippen LogP contribution is 2.20. The molecular weight excluding hydrogens is 256 g/mol. The molecule has 0 saturated carbocycles. The highest BCUT2D eigenvalue weighted by Gasteiger charge is 2.19. The van der Waals surface area contributed by atoms with Crippen molar-refractivity contribution in [3.8, 4) is 0 Å². The Labute approximate surface area is 132 Å². The highest BCUT2D eigenvalue weighted by molar-refractivity contribution is 5.04. The van der Waals surface area contributed by atoms with Crippen LogP contribution in [-0.2, 0) is 4.74 Å². The largest absolute Gasteiger partial charge is 0.367 e. The predicted octanol–water partition coefficient (Wildman–Crippen LogP) is 6.39. The molecule has 1 heteroatoms. The summed E-state index contributed by atoms with van der Waals surface area (Å²) in [6, 6.07) is 0. The summed E-state index contributed by atoms with van der Waals surface area (Å²) in [7, 11) is 0. The van der Waals surface area contributed by atoms with Gasteiger partial charge in [-0.25, -0.2) is 0 Å². The lowest BCUT2D eigenvalue weighted by atomic mass is 9.99. The zero-order chi connectivity index (χ0) is 16.3. The first-order valence-corrected chi connectivity index (χ1v) is 7.99. The van der Waals surface area contributed by atoms with E-state index in [4.69, 9.17) is 4.74 Å². The molecule has 0 radical (unpaired) electrons. The third-order valence-corrected chi connectivity index (χ3v) is 3.56. The quantitative estimate of drug-likeness (QED) is 0.424. The van der Waals surface area contributed by atoms with E-state index in [1.54, 1.807) is 0 Å². The molecule has 0 fully saturated rings. The topological polar surface area (TPSA) is 9.23 Å². The van der Waals surface area contributed by atoms with Crippen molar-refractivity contribution in [3.05, 3.63) is 47.6 Å². The average molecular weight is 290 g/mol. The zero-order valence-electron chi connectivity index (χ0n) is 15.0. The Bertz CT molecular complexity index is 390. The number of ether oxygens (including phenoxy) is 1. The van der Waals surface area contributed by atoms with Crippen LogP contribution in [-0.4, -0.2) is 12.2 Å². The smallest absolute Gasteiger partial charge is 0.0839 e. The molecule has 0 bridgehead atoms. The molecule has 120 valence electrons. The molecule has 1 atom stereocenters. The van der Waals surface area contributed by atoms with Crippen LogP contribution in [0.3, 0.4) is 0 Å². The van der Waals surface area contributed by atoms with E-state index in [0.717, 1.165) is 25.7 Å². The van der Waals surface area contributed by atoms with E-state index >= 15 is 0 Å². The summed E-state index contributed by atoms with van der Waals surface area (Å²) < 4.78 is 6.02. The van der Waals surface area contributed by atoms with E-state index in [1.807, 2.05) is 6.08 Å². The van der Waals surface area contributed by atoms with Crippen molar-refractivity contribution >= 4 is 0 Å². The van der Waals surface area contributed by atoms with Crippen LogP contribution in [0.15, 0.2) is 47.6 Å². The second-order valence-electron chi connectivity index (χ2n) is 6.52. The van der Waals surface area contributed by atoms with Gasteiger partial charge in [-0.2, -0.15) is 0 Å². The summed E-state index contributed by atoms with van der Waals surface area (Å²) in [5.74, 6) is 0. The molecule has 0 rings (SSSR count). The van der Waals surface area contributed by atoms with Crippen LogP contribution in [0.25, 0.3) is 0 Å². The van der Waals surface area contributed by atoms with Gasteiger partial charge in [-0.3, -0.25) is 0 Å². The van der Waals surface area contributed by atoms with Gasteiger partial charge >= 0.3 is 0 Å². The molecule has 0 aromatic carbocycles. The maximum Gasteiger partial charge on any atom is 0.0839 e. The van der Waals surface area contributed by atoms with Gasteiger partial charge in [0.2, 0.25) is 0 Å². The fraction of sp³-hybridized carbons (Fsp3) is 0.600. The van der Waals surface area contributed by atoms with Gasteiger partial charge in [0.1, 0.15) is 0 Å². The maximum atomic E-state index is 6.02. The Balaban J connectivity index is 4.22. The molecule has 0 aliphatic heterocycles. The second kappa shape index (κ2) is 10.6. The molecule has 0 spiro atoms. The van der Waals surface area contributed by atoms with Crippen LogP contribution in [0.1, 0.15) is 67.2 Å². The first kappa shape index (κ1) is 19.9. The predicted molar refractivity (Wildman–Crippen MR) is 95.6 cm³/mol. The summed E-state index contributed by atoms with van der Waals surface area (Å²) >= 11 is 0. The van der Waals surface area contributed by atoms with Gasteiger partial charge in [0, 0.05) is 0 Å². The number of hydrogen-bond acceptors (Lipinski definition) is 1. The Hall–Kier alpha value is -1.08. The second-order valence-corrected chi connectivity index (χ2v) is 6.52. The normalized spacial score (nSPS) is 14.3. The van der Waals surface area contributed by atoms with Crippen molar-refractivity contribution in [2.45, 2.75) is 72.8 Å². The molecule has 0 aliphatic carbocycles. The SMILES string of the molecule is C=CC(C)(CCC=C(C)C)OC/C=C(\C)CCC=C(C)C. The Kier molecular flexibility index (Phi) is 10.1. The molecule has 1 unspecified atom stereocenters. The van der Waals surface area contributed by atoms with Crippen LogP contribution < -0.4 is 0 Å². The molecule has 0 saturated heterocycles. The van der Waals surface area contributed by atoms with Crippen LogP contribution in [0.5, 0.6) is 0 Å². The average Bonchev–Trinajstić information content (AvgIpc) is 2.37. The van der Waals surface area contributed by atoms with Gasteiger partial charge in [-0.1, -0.05) is 41.0 Å². The monoisotopic (exact) mass is 290 g/mol. The van der Waals surface area contributed by atoms with Crippen LogP contribution in [0, 0.1) is 0 Å². The molecule has 21 heavy (non-hydrogen) atoms. The molecule has 0 heterocycles. The zero-order valence-corrected chi connectivity index (χ0v) is 15.0. The molecule has 0 amide bonds. The molecule has 0 N–H and O–H groups in total. The Morgan fingerprint density at radius 1 is 0.952 bits per heavy atom. The minimum Gasteiger partial charge on any atom is -0.367 e. The van der Waals surface area contributed by atoms with E-state index in [-0.39, 0.29) is 5.60 Å². The summed E-state index contributed by atoms with van der Waals surface area (Å²) in [6.45, 7) is 17.4. The van der Waals surface area contributed by atoms with Crippen LogP contribution in [0.2, 0.25) is 0 Å². The third-order valence-electron chi connectivity index (χ3n) is 3.56. The summed E-state index contributed by atoms with van der Waals surface area (Å²) in [6.07, 6.45) is 12.9. The van der Waals surface area contributed by atoms with E-state index < -0.39 is 0 Å². The summed E-state index contributed by atoms with van der Waals surface area (Å²) in [5, 5.41) is 0. The van der Waals surface area contributed by atoms with Crippen molar-refractivity contribution in [2.24, 2.45) is 0 Å². The van der Waals surface area contributed by atoms with E-state index in [2.05, 4.69) is 66.3 Å². The summed E-state index contributed by atoms with van der Waals surface area (Å²) in [5.41, 5.74) is 3.90. The minimum atomic E-state index is -0.233. The minimum absolute atomic E-state index is 0.233. The maximum absolute atomic E-state index is 6.02. The Morgan fingerprint density at radius 3 is 2.05 bits per heavy atom. The van der Waals surface area contributed by atoms with E-state index in [1.165, 1.54) is 16.7 Å². The van der Waals surface area contributed by atoms with Gasteiger partial charge in [-0.05, 0) is 67.2 Å². The lowest BCUT2D eigenvalue weighted by Gasteiger charge is -2.25. The molecule has 0 aliphatic rings. The van der Waals surface area contributed by atoms with Gasteiger partial charge in [0.05, 0.1) is 12.2 Å². The first-order chi connectivity index (χ1) is 9.79. The van der Waals surface area contributed by atoms with E-state index in [0.29, 0.717) is 6.61 Å². The van der Waals surface area contributed by atoms with Crippen molar-refractivity contribution in [3.63, 3.8) is 0 Å². The van der Waals surface area contributed by atoms with Crippen molar-refractivity contribution in [1.29, 1.82) is 0 Å². The number of allylic oxidation sites excluding steroid dienone is 5. The van der Waals surface area contributed by atoms with Gasteiger partial charge in [-0.15, -0.1) is 6.58 Å². The lowest BCUT2D eigenvalue weighted by molar-refractivity contribution is 0.0177. The van der Waals surface area contributed by atoms with Crippen LogP contribution >= 0.6 is 0 Å². The third kappa shape index (κ3) is 11.3. The van der Waals surface area contributed by atoms with E-state index in [9.17, 15) is 0 Å². The van der Waals surface area contributed by atoms with Crippen molar-refractivity contribution in [2.75, 3.05) is 6.61 Å². The lowest BCUT2D eigenvalue weighted by Crippen LogP contribution is -2.25. The van der Waals surface area contributed by atoms with Gasteiger partial charge < -0.3 is 4.74 Å². The fourth-order valence-electron chi connectivity index (χ4n) is 1.95. The molecule has 1 nitrogen and oxygen atoms in total.